The average molecular weight is 419 g/mol. The van der Waals surface area contributed by atoms with E-state index in [0.29, 0.717) is 24.4 Å². The van der Waals surface area contributed by atoms with Crippen LogP contribution in [0.2, 0.25) is 0 Å². The maximum absolute atomic E-state index is 13.1. The van der Waals surface area contributed by atoms with E-state index in [9.17, 15) is 9.90 Å². The van der Waals surface area contributed by atoms with Crippen LogP contribution in [0.5, 0.6) is 5.75 Å². The molecule has 0 fully saturated rings. The number of nitrogens with zero attached hydrogens (tertiary/aromatic N) is 1. The summed E-state index contributed by atoms with van der Waals surface area (Å²) < 4.78 is 5.40. The second-order valence-electron chi connectivity index (χ2n) is 7.52. The topological polar surface area (TPSA) is 61.8 Å². The molecule has 3 aromatic carbocycles. The van der Waals surface area contributed by atoms with Crippen molar-refractivity contribution in [2.75, 3.05) is 32.1 Å². The molecule has 0 aliphatic heterocycles. The number of methoxy groups -OCH3 is 1. The van der Waals surface area contributed by atoms with Gasteiger partial charge in [-0.25, -0.2) is 0 Å². The quantitative estimate of drug-likeness (QED) is 0.512. The molecule has 0 aromatic heterocycles. The van der Waals surface area contributed by atoms with E-state index >= 15 is 0 Å². The van der Waals surface area contributed by atoms with Crippen molar-refractivity contribution in [3.8, 4) is 5.75 Å². The lowest BCUT2D eigenvalue weighted by molar-refractivity contribution is -0.117. The van der Waals surface area contributed by atoms with Gasteiger partial charge in [0, 0.05) is 13.2 Å². The fourth-order valence-electron chi connectivity index (χ4n) is 3.75. The Labute approximate surface area is 184 Å². The molecule has 5 heteroatoms. The van der Waals surface area contributed by atoms with Crippen LogP contribution in [0.1, 0.15) is 29.2 Å². The van der Waals surface area contributed by atoms with Crippen molar-refractivity contribution in [1.29, 1.82) is 0 Å². The van der Waals surface area contributed by atoms with Crippen molar-refractivity contribution in [3.05, 3.63) is 95.6 Å². The molecule has 1 amide bonds. The third kappa shape index (κ3) is 6.17. The first-order chi connectivity index (χ1) is 15.1. The molecule has 0 radical (unpaired) electrons. The molecule has 0 atom stereocenters. The number of aliphatic hydroxyl groups excluding tert-OH is 1. The highest BCUT2D eigenvalue weighted by molar-refractivity contribution is 5.93. The summed E-state index contributed by atoms with van der Waals surface area (Å²) in [6.45, 7) is 2.82. The van der Waals surface area contributed by atoms with Gasteiger partial charge in [-0.05, 0) is 42.2 Å². The second kappa shape index (κ2) is 11.3. The number of anilines is 1. The van der Waals surface area contributed by atoms with Crippen LogP contribution in [0.25, 0.3) is 0 Å². The minimum absolute atomic E-state index is 0.0696. The smallest absolute Gasteiger partial charge is 0.238 e. The lowest BCUT2D eigenvalue weighted by Crippen LogP contribution is -2.38. The average Bonchev–Trinajstić information content (AvgIpc) is 2.79. The molecule has 0 aliphatic carbocycles. The minimum atomic E-state index is -0.126. The van der Waals surface area contributed by atoms with E-state index in [0.717, 1.165) is 16.7 Å². The number of aryl methyl sites for hydroxylation is 1. The van der Waals surface area contributed by atoms with Gasteiger partial charge in [0.2, 0.25) is 5.91 Å². The number of hydrogen-bond donors (Lipinski definition) is 2. The van der Waals surface area contributed by atoms with Gasteiger partial charge in [0.15, 0.2) is 0 Å². The molecule has 0 saturated carbocycles. The summed E-state index contributed by atoms with van der Waals surface area (Å²) in [5.74, 6) is 0.502. The van der Waals surface area contributed by atoms with Crippen molar-refractivity contribution < 1.29 is 14.6 Å². The summed E-state index contributed by atoms with van der Waals surface area (Å²) in [6.07, 6.45) is 0.581. The highest BCUT2D eigenvalue weighted by Gasteiger charge is 2.24. The van der Waals surface area contributed by atoms with Crippen molar-refractivity contribution in [2.45, 2.75) is 19.4 Å². The van der Waals surface area contributed by atoms with E-state index in [2.05, 4.69) is 34.5 Å². The summed E-state index contributed by atoms with van der Waals surface area (Å²) in [7, 11) is 1.59. The Bertz CT molecular complexity index is 921. The number of carbonyl (C=O) groups excluding carboxylic acids is 1. The van der Waals surface area contributed by atoms with Gasteiger partial charge in [-0.3, -0.25) is 9.69 Å². The molecule has 0 aliphatic rings. The summed E-state index contributed by atoms with van der Waals surface area (Å²) in [5, 5.41) is 12.5. The van der Waals surface area contributed by atoms with Crippen LogP contribution in [-0.4, -0.2) is 42.7 Å². The maximum Gasteiger partial charge on any atom is 0.238 e. The van der Waals surface area contributed by atoms with E-state index in [1.54, 1.807) is 7.11 Å². The van der Waals surface area contributed by atoms with Crippen LogP contribution in [-0.2, 0) is 4.79 Å². The normalized spacial score (nSPS) is 11.0. The predicted molar refractivity (Wildman–Crippen MR) is 124 cm³/mol. The highest BCUT2D eigenvalue weighted by atomic mass is 16.5. The van der Waals surface area contributed by atoms with Crippen LogP contribution in [0.4, 0.5) is 5.69 Å². The van der Waals surface area contributed by atoms with Gasteiger partial charge in [0.25, 0.3) is 0 Å². The lowest BCUT2D eigenvalue weighted by atomic mass is 9.96. The van der Waals surface area contributed by atoms with E-state index in [1.807, 2.05) is 61.5 Å². The molecule has 3 aromatic rings. The number of nitrogens with one attached hydrogen (secondary N) is 1. The summed E-state index contributed by atoms with van der Waals surface area (Å²) in [6, 6.07) is 25.9. The maximum atomic E-state index is 13.1. The van der Waals surface area contributed by atoms with Crippen molar-refractivity contribution in [1.82, 2.24) is 4.90 Å². The number of hydrogen-bond acceptors (Lipinski definition) is 4. The summed E-state index contributed by atoms with van der Waals surface area (Å²) >= 11 is 0. The van der Waals surface area contributed by atoms with E-state index in [1.165, 1.54) is 0 Å². The molecule has 0 spiro atoms. The predicted octanol–water partition coefficient (Wildman–Crippen LogP) is 4.42. The Hall–Kier alpha value is -3.15. The zero-order chi connectivity index (χ0) is 22.1. The first-order valence-corrected chi connectivity index (χ1v) is 10.5. The molecule has 5 nitrogen and oxygen atoms in total. The zero-order valence-corrected chi connectivity index (χ0v) is 18.1. The van der Waals surface area contributed by atoms with Gasteiger partial charge in [-0.15, -0.1) is 0 Å². The molecule has 0 heterocycles. The molecular formula is C26H30N2O3. The second-order valence-corrected chi connectivity index (χ2v) is 7.52. The zero-order valence-electron chi connectivity index (χ0n) is 18.1. The van der Waals surface area contributed by atoms with E-state index < -0.39 is 0 Å². The van der Waals surface area contributed by atoms with Gasteiger partial charge in [-0.2, -0.15) is 0 Å². The Morgan fingerprint density at radius 3 is 2.16 bits per heavy atom. The Balaban J connectivity index is 1.88. The molecule has 0 unspecified atom stereocenters. The Kier molecular flexibility index (Phi) is 8.21. The fraction of sp³-hybridized carbons (Fsp3) is 0.269. The first kappa shape index (κ1) is 22.5. The number of aliphatic hydroxyl groups is 1. The Morgan fingerprint density at radius 1 is 1.00 bits per heavy atom. The molecule has 0 saturated heterocycles. The number of rotatable bonds is 10. The highest BCUT2D eigenvalue weighted by Crippen LogP contribution is 2.29. The van der Waals surface area contributed by atoms with E-state index in [-0.39, 0.29) is 25.1 Å². The van der Waals surface area contributed by atoms with Gasteiger partial charge in [0.05, 0.1) is 25.4 Å². The van der Waals surface area contributed by atoms with Gasteiger partial charge >= 0.3 is 0 Å². The third-order valence-corrected chi connectivity index (χ3v) is 5.17. The molecular weight excluding hydrogens is 388 g/mol. The largest absolute Gasteiger partial charge is 0.495 e. The fourth-order valence-corrected chi connectivity index (χ4v) is 3.75. The van der Waals surface area contributed by atoms with Crippen molar-refractivity contribution >= 4 is 11.6 Å². The van der Waals surface area contributed by atoms with Crippen LogP contribution >= 0.6 is 0 Å². The molecule has 2 N–H and O–H groups in total. The van der Waals surface area contributed by atoms with Gasteiger partial charge < -0.3 is 15.2 Å². The van der Waals surface area contributed by atoms with Crippen molar-refractivity contribution in [2.24, 2.45) is 0 Å². The SMILES string of the molecule is COc1ccc(C)cc1NC(=O)CN(CCCO)C(c1ccccc1)c1ccccc1. The van der Waals surface area contributed by atoms with Gasteiger partial charge in [-0.1, -0.05) is 66.7 Å². The molecule has 0 bridgehead atoms. The Morgan fingerprint density at radius 2 is 1.61 bits per heavy atom. The molecule has 162 valence electrons. The van der Waals surface area contributed by atoms with E-state index in [4.69, 9.17) is 4.74 Å². The lowest BCUT2D eigenvalue weighted by Gasteiger charge is -2.32. The van der Waals surface area contributed by atoms with Crippen molar-refractivity contribution in [3.63, 3.8) is 0 Å². The van der Waals surface area contributed by atoms with Gasteiger partial charge in [0.1, 0.15) is 5.75 Å². The third-order valence-electron chi connectivity index (χ3n) is 5.17. The minimum Gasteiger partial charge on any atom is -0.495 e. The monoisotopic (exact) mass is 418 g/mol. The number of benzene rings is 3. The van der Waals surface area contributed by atoms with Crippen LogP contribution < -0.4 is 10.1 Å². The molecule has 3 rings (SSSR count). The van der Waals surface area contributed by atoms with Crippen LogP contribution in [0.3, 0.4) is 0 Å². The summed E-state index contributed by atoms with van der Waals surface area (Å²) in [5.41, 5.74) is 3.91. The number of amides is 1. The van der Waals surface area contributed by atoms with Crippen LogP contribution in [0, 0.1) is 6.92 Å². The summed E-state index contributed by atoms with van der Waals surface area (Å²) in [4.78, 5) is 15.2. The number of carbonyl (C=O) groups is 1. The molecule has 31 heavy (non-hydrogen) atoms. The standard InChI is InChI=1S/C26H30N2O3/c1-20-14-15-24(31-2)23(18-20)27-25(30)19-28(16-9-17-29)26(21-10-5-3-6-11-21)22-12-7-4-8-13-22/h3-8,10-15,18,26,29H,9,16-17,19H2,1-2H3,(H,27,30). The number of ether oxygens (including phenoxy) is 1. The van der Waals surface area contributed by atoms with Crippen LogP contribution in [0.15, 0.2) is 78.9 Å². The first-order valence-electron chi connectivity index (χ1n) is 10.5.